The first-order valence-corrected chi connectivity index (χ1v) is 7.63. The zero-order chi connectivity index (χ0) is 9.44. The van der Waals surface area contributed by atoms with Crippen LogP contribution in [-0.2, 0) is 28.6 Å². The third-order valence-corrected chi connectivity index (χ3v) is 0.498. The number of Topliss-reactive ketones (excluding diaryl/α,β-unsaturated/α-hetero) is 2. The van der Waals surface area contributed by atoms with Gasteiger partial charge in [-0.25, -0.2) is 0 Å². The number of rotatable bonds is 2. The number of hydrogen-bond acceptors (Lipinski definition) is 3. The van der Waals surface area contributed by atoms with Crippen molar-refractivity contribution in [1.29, 1.82) is 0 Å². The summed E-state index contributed by atoms with van der Waals surface area (Å²) in [4.78, 5) is 20.1. The van der Waals surface area contributed by atoms with Crippen LogP contribution in [0.3, 0.4) is 0 Å². The molecule has 0 N–H and O–H groups in total. The molecular formula is C5H8Cl2O3Ti. The summed E-state index contributed by atoms with van der Waals surface area (Å²) < 4.78 is 9.23. The molecule has 11 heavy (non-hydrogen) atoms. The molecule has 0 aromatic heterocycles. The predicted octanol–water partition coefficient (Wildman–Crippen LogP) is 1.81. The fourth-order valence-electron chi connectivity index (χ4n) is 0.351. The van der Waals surface area contributed by atoms with Crippen molar-refractivity contribution in [2.24, 2.45) is 0 Å². The Morgan fingerprint density at radius 2 is 1.36 bits per heavy atom. The van der Waals surface area contributed by atoms with Gasteiger partial charge in [0, 0.05) is 0 Å². The molecule has 0 saturated heterocycles. The molecule has 0 fully saturated rings. The average molecular weight is 235 g/mol. The Bertz CT molecular complexity index is 153. The van der Waals surface area contributed by atoms with E-state index in [0.717, 1.165) is 0 Å². The number of hydrogen-bond donors (Lipinski definition) is 0. The number of carbonyl (C=O) groups is 2. The third kappa shape index (κ3) is 37.7. The second-order valence-electron chi connectivity index (χ2n) is 1.81. The molecule has 0 aliphatic carbocycles. The zero-order valence-electron chi connectivity index (χ0n) is 6.19. The van der Waals surface area contributed by atoms with Gasteiger partial charge in [0.25, 0.3) is 0 Å². The van der Waals surface area contributed by atoms with Gasteiger partial charge in [-0.2, -0.15) is 0 Å². The number of ketones is 2. The third-order valence-electron chi connectivity index (χ3n) is 0.498. The fourth-order valence-corrected chi connectivity index (χ4v) is 0.351. The first-order chi connectivity index (χ1) is 4.86. The van der Waals surface area contributed by atoms with Crippen molar-refractivity contribution in [2.75, 3.05) is 0 Å². The summed E-state index contributed by atoms with van der Waals surface area (Å²) in [7, 11) is 9.30. The van der Waals surface area contributed by atoms with Crippen LogP contribution in [0, 0.1) is 0 Å². The molecule has 0 amide bonds. The van der Waals surface area contributed by atoms with E-state index in [-0.39, 0.29) is 18.0 Å². The van der Waals surface area contributed by atoms with Crippen molar-refractivity contribution in [3.63, 3.8) is 0 Å². The van der Waals surface area contributed by atoms with Crippen molar-refractivity contribution in [3.8, 4) is 0 Å². The average Bonchev–Trinajstić information content (AvgIpc) is 1.56. The number of halogens is 2. The molecule has 0 spiro atoms. The molecule has 3 nitrogen and oxygen atoms in total. The number of carbonyl (C=O) groups excluding carboxylic acids is 2. The SMILES string of the molecule is CC(=O)CC(C)=O.[O]=[Ti]([Cl])[Cl]. The molecule has 0 atom stereocenters. The summed E-state index contributed by atoms with van der Waals surface area (Å²) in [5, 5.41) is 0. The van der Waals surface area contributed by atoms with Crippen molar-refractivity contribution in [3.05, 3.63) is 0 Å². The van der Waals surface area contributed by atoms with Crippen molar-refractivity contribution in [2.45, 2.75) is 20.3 Å². The van der Waals surface area contributed by atoms with Crippen molar-refractivity contribution in [1.82, 2.24) is 0 Å². The summed E-state index contributed by atoms with van der Waals surface area (Å²) in [5.41, 5.74) is 0. The van der Waals surface area contributed by atoms with Crippen LogP contribution < -0.4 is 0 Å². The molecule has 6 heteroatoms. The van der Waals surface area contributed by atoms with Crippen molar-refractivity contribution < 1.29 is 28.6 Å². The molecule has 0 aliphatic heterocycles. The molecular weight excluding hydrogens is 227 g/mol. The van der Waals surface area contributed by atoms with Gasteiger partial charge in [-0.15, -0.1) is 0 Å². The molecule has 0 heterocycles. The van der Waals surface area contributed by atoms with Crippen LogP contribution in [0.4, 0.5) is 0 Å². The maximum absolute atomic E-state index is 10.0. The van der Waals surface area contributed by atoms with Crippen LogP contribution >= 0.6 is 18.6 Å². The van der Waals surface area contributed by atoms with E-state index in [9.17, 15) is 12.9 Å². The summed E-state index contributed by atoms with van der Waals surface area (Å²) >= 11 is -2.64. The Morgan fingerprint density at radius 1 is 1.18 bits per heavy atom. The molecule has 0 aromatic carbocycles. The van der Waals surface area contributed by atoms with E-state index in [1.54, 1.807) is 0 Å². The molecule has 64 valence electrons. The van der Waals surface area contributed by atoms with Gasteiger partial charge in [-0.1, -0.05) is 0 Å². The van der Waals surface area contributed by atoms with Crippen LogP contribution in [0.25, 0.3) is 0 Å². The predicted molar refractivity (Wildman–Crippen MR) is 38.4 cm³/mol. The van der Waals surface area contributed by atoms with Crippen LogP contribution in [0.2, 0.25) is 0 Å². The van der Waals surface area contributed by atoms with E-state index in [2.05, 4.69) is 18.6 Å². The molecule has 0 bridgehead atoms. The van der Waals surface area contributed by atoms with Crippen LogP contribution in [0.1, 0.15) is 20.3 Å². The molecule has 0 aliphatic rings. The van der Waals surface area contributed by atoms with Gasteiger partial charge in [0.1, 0.15) is 11.6 Å². The molecule has 0 rings (SSSR count). The minimum atomic E-state index is -2.64. The summed E-state index contributed by atoms with van der Waals surface area (Å²) in [6.07, 6.45) is 0.0833. The van der Waals surface area contributed by atoms with E-state index in [1.165, 1.54) is 13.8 Å². The summed E-state index contributed by atoms with van der Waals surface area (Å²) in [6, 6.07) is 0. The Hall–Kier alpha value is 0.434. The topological polar surface area (TPSA) is 51.2 Å². The van der Waals surface area contributed by atoms with Gasteiger partial charge in [0.15, 0.2) is 0 Å². The molecule has 0 unspecified atom stereocenters. The summed E-state index contributed by atoms with van der Waals surface area (Å²) in [5.74, 6) is -0.125. The van der Waals surface area contributed by atoms with E-state index in [4.69, 9.17) is 0 Å². The van der Waals surface area contributed by atoms with E-state index >= 15 is 0 Å². The van der Waals surface area contributed by atoms with Gasteiger partial charge in [0.05, 0.1) is 6.42 Å². The molecule has 0 radical (unpaired) electrons. The van der Waals surface area contributed by atoms with Crippen molar-refractivity contribution >= 4 is 30.2 Å². The Balaban J connectivity index is 0. The van der Waals surface area contributed by atoms with Gasteiger partial charge < -0.3 is 0 Å². The van der Waals surface area contributed by atoms with E-state index in [0.29, 0.717) is 0 Å². The monoisotopic (exact) mass is 234 g/mol. The van der Waals surface area contributed by atoms with Crippen LogP contribution in [-0.4, -0.2) is 11.6 Å². The Morgan fingerprint density at radius 3 is 1.36 bits per heavy atom. The van der Waals surface area contributed by atoms with Crippen LogP contribution in [0.15, 0.2) is 0 Å². The molecule has 0 aromatic rings. The zero-order valence-corrected chi connectivity index (χ0v) is 9.26. The normalized spacial score (nSPS) is 7.64. The van der Waals surface area contributed by atoms with E-state index in [1.807, 2.05) is 0 Å². The second-order valence-corrected chi connectivity index (χ2v) is 6.14. The fraction of sp³-hybridized carbons (Fsp3) is 0.600. The van der Waals surface area contributed by atoms with Gasteiger partial charge in [-0.3, -0.25) is 9.59 Å². The molecule has 0 saturated carbocycles. The Labute approximate surface area is 79.0 Å². The van der Waals surface area contributed by atoms with Gasteiger partial charge in [0.2, 0.25) is 0 Å². The maximum atomic E-state index is 10.0. The quantitative estimate of drug-likeness (QED) is 0.541. The van der Waals surface area contributed by atoms with Gasteiger partial charge in [-0.05, 0) is 13.8 Å². The van der Waals surface area contributed by atoms with Gasteiger partial charge >= 0.3 is 37.7 Å². The second kappa shape index (κ2) is 8.53. The van der Waals surface area contributed by atoms with Crippen LogP contribution in [0.5, 0.6) is 0 Å². The first kappa shape index (κ1) is 14.0. The first-order valence-electron chi connectivity index (χ1n) is 2.70. The van der Waals surface area contributed by atoms with E-state index < -0.39 is 15.7 Å². The Kier molecular flexibility index (Phi) is 10.8. The summed E-state index contributed by atoms with van der Waals surface area (Å²) in [6.45, 7) is 2.81. The minimum absolute atomic E-state index is 0.0625. The standard InChI is InChI=1S/C5H8O2.2ClH.O.Ti/c1-4(6)3-5(2)7;;;;/h3H2,1-2H3;2*1H;;/q;;;;+2/p-2.